The van der Waals surface area contributed by atoms with Gasteiger partial charge in [-0.1, -0.05) is 13.8 Å². The summed E-state index contributed by atoms with van der Waals surface area (Å²) < 4.78 is 0. The number of nitrogens with zero attached hydrogens (tertiary/aromatic N) is 1. The Balaban J connectivity index is 2.42. The van der Waals surface area contributed by atoms with Gasteiger partial charge in [0.1, 0.15) is 5.54 Å². The third-order valence-electron chi connectivity index (χ3n) is 3.44. The monoisotopic (exact) mass is 260 g/mol. The van der Waals surface area contributed by atoms with Gasteiger partial charge >= 0.3 is 5.97 Å². The predicted molar refractivity (Wildman–Crippen MR) is 72.7 cm³/mol. The third kappa shape index (κ3) is 4.16. The Kier molecular flexibility index (Phi) is 6.30. The summed E-state index contributed by atoms with van der Waals surface area (Å²) in [4.78, 5) is 13.7. The van der Waals surface area contributed by atoms with E-state index in [1.165, 1.54) is 0 Å². The normalized spacial score (nSPS) is 25.1. The predicted octanol–water partition coefficient (Wildman–Crippen LogP) is 1.27. The van der Waals surface area contributed by atoms with E-state index in [0.717, 1.165) is 44.8 Å². The van der Waals surface area contributed by atoms with Crippen LogP contribution >= 0.6 is 11.8 Å². The molecule has 0 amide bonds. The highest BCUT2D eigenvalue weighted by molar-refractivity contribution is 7.99. The van der Waals surface area contributed by atoms with Crippen molar-refractivity contribution in [1.82, 2.24) is 10.2 Å². The number of rotatable bonds is 7. The molecule has 0 aromatic rings. The SMILES string of the molecule is CCN(CC)CCNC1(C(=O)O)CCCSC1. The Labute approximate surface area is 108 Å². The van der Waals surface area contributed by atoms with E-state index < -0.39 is 11.5 Å². The number of aliphatic carboxylic acids is 1. The van der Waals surface area contributed by atoms with Crippen molar-refractivity contribution in [2.75, 3.05) is 37.7 Å². The van der Waals surface area contributed by atoms with Crippen LogP contribution < -0.4 is 5.32 Å². The van der Waals surface area contributed by atoms with Crippen LogP contribution in [0.2, 0.25) is 0 Å². The molecule has 100 valence electrons. The van der Waals surface area contributed by atoms with Crippen molar-refractivity contribution in [3.63, 3.8) is 0 Å². The Morgan fingerprint density at radius 3 is 2.65 bits per heavy atom. The fourth-order valence-corrected chi connectivity index (χ4v) is 3.38. The Morgan fingerprint density at radius 1 is 1.47 bits per heavy atom. The maximum Gasteiger partial charge on any atom is 0.324 e. The second kappa shape index (κ2) is 7.24. The molecule has 1 unspecified atom stereocenters. The van der Waals surface area contributed by atoms with E-state index in [1.807, 2.05) is 0 Å². The van der Waals surface area contributed by atoms with E-state index in [1.54, 1.807) is 11.8 Å². The van der Waals surface area contributed by atoms with Gasteiger partial charge < -0.3 is 10.0 Å². The van der Waals surface area contributed by atoms with Crippen LogP contribution in [0.4, 0.5) is 0 Å². The smallest absolute Gasteiger partial charge is 0.324 e. The maximum atomic E-state index is 11.4. The standard InChI is InChI=1S/C12H24N2O2S/c1-3-14(4-2)8-7-13-12(11(15)16)6-5-9-17-10-12/h13H,3-10H2,1-2H3,(H,15,16). The minimum Gasteiger partial charge on any atom is -0.480 e. The van der Waals surface area contributed by atoms with Crippen LogP contribution in [0, 0.1) is 0 Å². The zero-order valence-electron chi connectivity index (χ0n) is 10.9. The van der Waals surface area contributed by atoms with Gasteiger partial charge in [-0.15, -0.1) is 0 Å². The molecule has 1 aliphatic rings. The van der Waals surface area contributed by atoms with Crippen LogP contribution in [0.15, 0.2) is 0 Å². The number of hydrogen-bond donors (Lipinski definition) is 2. The molecule has 1 heterocycles. The molecule has 0 saturated carbocycles. The number of likely N-dealkylation sites (N-methyl/N-ethyl adjacent to an activating group) is 1. The summed E-state index contributed by atoms with van der Waals surface area (Å²) in [6.45, 7) is 7.99. The number of thioether (sulfide) groups is 1. The molecule has 4 nitrogen and oxygen atoms in total. The molecule has 0 aliphatic carbocycles. The molecule has 0 bridgehead atoms. The van der Waals surface area contributed by atoms with Crippen molar-refractivity contribution < 1.29 is 9.90 Å². The molecule has 1 rings (SSSR count). The quantitative estimate of drug-likeness (QED) is 0.722. The molecule has 0 spiro atoms. The first-order valence-electron chi connectivity index (χ1n) is 6.43. The van der Waals surface area contributed by atoms with E-state index in [9.17, 15) is 9.90 Å². The molecule has 1 atom stereocenters. The molecule has 1 aliphatic heterocycles. The fourth-order valence-electron chi connectivity index (χ4n) is 2.17. The van der Waals surface area contributed by atoms with E-state index in [-0.39, 0.29) is 0 Å². The number of carbonyl (C=O) groups is 1. The summed E-state index contributed by atoms with van der Waals surface area (Å²) in [7, 11) is 0. The van der Waals surface area contributed by atoms with E-state index in [0.29, 0.717) is 5.75 Å². The van der Waals surface area contributed by atoms with Crippen molar-refractivity contribution >= 4 is 17.7 Å². The largest absolute Gasteiger partial charge is 0.480 e. The highest BCUT2D eigenvalue weighted by Gasteiger charge is 2.39. The Hall–Kier alpha value is -0.260. The second-order valence-corrected chi connectivity index (χ2v) is 5.60. The summed E-state index contributed by atoms with van der Waals surface area (Å²) in [5.41, 5.74) is -0.684. The number of nitrogens with one attached hydrogen (secondary N) is 1. The lowest BCUT2D eigenvalue weighted by Crippen LogP contribution is -2.57. The van der Waals surface area contributed by atoms with Crippen molar-refractivity contribution in [2.45, 2.75) is 32.2 Å². The zero-order valence-corrected chi connectivity index (χ0v) is 11.7. The highest BCUT2D eigenvalue weighted by atomic mass is 32.2. The number of hydrogen-bond acceptors (Lipinski definition) is 4. The number of carboxylic acids is 1. The molecule has 2 N–H and O–H groups in total. The van der Waals surface area contributed by atoms with Crippen molar-refractivity contribution in [1.29, 1.82) is 0 Å². The molecule has 0 radical (unpaired) electrons. The molecular weight excluding hydrogens is 236 g/mol. The molecule has 0 aromatic heterocycles. The fraction of sp³-hybridized carbons (Fsp3) is 0.917. The minimum absolute atomic E-state index is 0.684. The van der Waals surface area contributed by atoms with Gasteiger partial charge in [-0.2, -0.15) is 11.8 Å². The van der Waals surface area contributed by atoms with Crippen LogP contribution in [0.1, 0.15) is 26.7 Å². The van der Waals surface area contributed by atoms with Gasteiger partial charge in [0.2, 0.25) is 0 Å². The van der Waals surface area contributed by atoms with Crippen LogP contribution in [0.5, 0.6) is 0 Å². The first-order chi connectivity index (χ1) is 8.14. The van der Waals surface area contributed by atoms with Crippen molar-refractivity contribution in [3.8, 4) is 0 Å². The lowest BCUT2D eigenvalue weighted by atomic mass is 9.95. The van der Waals surface area contributed by atoms with Gasteiger partial charge in [-0.3, -0.25) is 10.1 Å². The third-order valence-corrected chi connectivity index (χ3v) is 4.71. The summed E-state index contributed by atoms with van der Waals surface area (Å²) in [6.07, 6.45) is 1.75. The molecule has 17 heavy (non-hydrogen) atoms. The maximum absolute atomic E-state index is 11.4. The van der Waals surface area contributed by atoms with Crippen LogP contribution in [-0.4, -0.2) is 59.2 Å². The van der Waals surface area contributed by atoms with Gasteiger partial charge in [-0.25, -0.2) is 0 Å². The Morgan fingerprint density at radius 2 is 2.18 bits per heavy atom. The van der Waals surface area contributed by atoms with Crippen molar-refractivity contribution in [3.05, 3.63) is 0 Å². The summed E-state index contributed by atoms with van der Waals surface area (Å²) >= 11 is 1.74. The van der Waals surface area contributed by atoms with Crippen molar-refractivity contribution in [2.24, 2.45) is 0 Å². The molecule has 5 heteroatoms. The van der Waals surface area contributed by atoms with Crippen LogP contribution in [-0.2, 0) is 4.79 Å². The summed E-state index contributed by atoms with van der Waals surface area (Å²) in [5.74, 6) is 1.09. The van der Waals surface area contributed by atoms with Crippen LogP contribution in [0.3, 0.4) is 0 Å². The summed E-state index contributed by atoms with van der Waals surface area (Å²) in [6, 6.07) is 0. The first kappa shape index (κ1) is 14.8. The molecule has 1 saturated heterocycles. The van der Waals surface area contributed by atoms with Gasteiger partial charge in [0.05, 0.1) is 0 Å². The first-order valence-corrected chi connectivity index (χ1v) is 7.58. The minimum atomic E-state index is -0.691. The second-order valence-electron chi connectivity index (χ2n) is 4.50. The van der Waals surface area contributed by atoms with Gasteiger partial charge in [0.25, 0.3) is 0 Å². The average Bonchev–Trinajstić information content (AvgIpc) is 2.35. The van der Waals surface area contributed by atoms with Gasteiger partial charge in [0, 0.05) is 18.8 Å². The van der Waals surface area contributed by atoms with Gasteiger partial charge in [-0.05, 0) is 31.7 Å². The van der Waals surface area contributed by atoms with E-state index in [4.69, 9.17) is 0 Å². The Bertz CT molecular complexity index is 239. The number of carboxylic acid groups (broad SMARTS) is 1. The van der Waals surface area contributed by atoms with Crippen LogP contribution in [0.25, 0.3) is 0 Å². The molecule has 1 fully saturated rings. The molecular formula is C12H24N2O2S. The average molecular weight is 260 g/mol. The summed E-state index contributed by atoms with van der Waals surface area (Å²) in [5, 5.41) is 12.7. The van der Waals surface area contributed by atoms with E-state index >= 15 is 0 Å². The lowest BCUT2D eigenvalue weighted by Gasteiger charge is -2.34. The lowest BCUT2D eigenvalue weighted by molar-refractivity contribution is -0.144. The topological polar surface area (TPSA) is 52.6 Å². The van der Waals surface area contributed by atoms with E-state index in [2.05, 4.69) is 24.1 Å². The molecule has 0 aromatic carbocycles. The van der Waals surface area contributed by atoms with Gasteiger partial charge in [0.15, 0.2) is 0 Å². The zero-order chi connectivity index (χ0) is 12.7. The highest BCUT2D eigenvalue weighted by Crippen LogP contribution is 2.26.